The van der Waals surface area contributed by atoms with E-state index in [0.29, 0.717) is 36.3 Å². The van der Waals surface area contributed by atoms with Crippen LogP contribution < -0.4 is 15.8 Å². The normalized spacial score (nSPS) is 24.1. The molecule has 2 aliphatic heterocycles. The lowest BCUT2D eigenvalue weighted by atomic mass is 9.89. The third kappa shape index (κ3) is 3.45. The van der Waals surface area contributed by atoms with Crippen LogP contribution in [-0.4, -0.2) is 43.6 Å². The van der Waals surface area contributed by atoms with Crippen LogP contribution in [-0.2, 0) is 0 Å². The second-order valence-corrected chi connectivity index (χ2v) is 7.53. The van der Waals surface area contributed by atoms with Crippen molar-refractivity contribution in [3.8, 4) is 5.75 Å². The molecule has 2 saturated heterocycles. The van der Waals surface area contributed by atoms with E-state index >= 15 is 0 Å². The Bertz CT molecular complexity index is 808. The fourth-order valence-electron chi connectivity index (χ4n) is 4.47. The molecule has 0 aromatic heterocycles. The van der Waals surface area contributed by atoms with Gasteiger partial charge >= 0.3 is 0 Å². The number of nitrogens with zero attached hydrogens (tertiary/aromatic N) is 1. The van der Waals surface area contributed by atoms with Crippen molar-refractivity contribution in [2.75, 3.05) is 32.8 Å². The van der Waals surface area contributed by atoms with Crippen LogP contribution in [0.15, 0.2) is 48.5 Å². The van der Waals surface area contributed by atoms with Crippen molar-refractivity contribution in [2.45, 2.75) is 13.0 Å². The van der Waals surface area contributed by atoms with E-state index < -0.39 is 0 Å². The predicted octanol–water partition coefficient (Wildman–Crippen LogP) is 2.37. The molecule has 142 valence electrons. The number of carbonyl (C=O) groups is 1. The molecule has 3 atom stereocenters. The molecular weight excluding hydrogens is 338 g/mol. The van der Waals surface area contributed by atoms with Gasteiger partial charge in [0, 0.05) is 32.1 Å². The quantitative estimate of drug-likeness (QED) is 0.854. The summed E-state index contributed by atoms with van der Waals surface area (Å²) in [6.07, 6.45) is 0. The Balaban J connectivity index is 1.69. The Morgan fingerprint density at radius 1 is 1.22 bits per heavy atom. The van der Waals surface area contributed by atoms with Crippen molar-refractivity contribution in [1.29, 1.82) is 0 Å². The maximum absolute atomic E-state index is 13.6. The molecule has 3 N–H and O–H groups in total. The number of hydrogen-bond donors (Lipinski definition) is 2. The van der Waals surface area contributed by atoms with Gasteiger partial charge in [-0.05, 0) is 30.5 Å². The van der Waals surface area contributed by atoms with Crippen molar-refractivity contribution in [1.82, 2.24) is 10.2 Å². The zero-order chi connectivity index (χ0) is 18.8. The van der Waals surface area contributed by atoms with Crippen LogP contribution in [0.25, 0.3) is 0 Å². The lowest BCUT2D eigenvalue weighted by molar-refractivity contribution is 0.0709. The maximum Gasteiger partial charge on any atom is 0.258 e. The number of benzene rings is 2. The molecule has 27 heavy (non-hydrogen) atoms. The third-order valence-corrected chi connectivity index (χ3v) is 5.71. The van der Waals surface area contributed by atoms with Gasteiger partial charge in [-0.1, -0.05) is 42.0 Å². The summed E-state index contributed by atoms with van der Waals surface area (Å²) in [5.41, 5.74) is 8.48. The molecule has 5 nitrogen and oxygen atoms in total. The van der Waals surface area contributed by atoms with Gasteiger partial charge in [0.2, 0.25) is 0 Å². The molecule has 0 unspecified atom stereocenters. The summed E-state index contributed by atoms with van der Waals surface area (Å²) in [5, 5.41) is 3.50. The summed E-state index contributed by atoms with van der Waals surface area (Å²) in [5.74, 6) is 1.62. The standard InChI is InChI=1S/C22H27N3O2/c1-15-7-8-20(27-10-9-23)18(11-15)22(26)25-14-17-12-24-13-19(17)21(25)16-5-3-2-4-6-16/h2-8,11,17,19,21,24H,9-10,12-14,23H2,1H3/t17-,19-,21+/m0/s1. The van der Waals surface area contributed by atoms with E-state index in [1.165, 1.54) is 5.56 Å². The summed E-state index contributed by atoms with van der Waals surface area (Å²) < 4.78 is 5.77. The first-order valence-electron chi connectivity index (χ1n) is 9.69. The highest BCUT2D eigenvalue weighted by Gasteiger charge is 2.47. The van der Waals surface area contributed by atoms with Gasteiger partial charge in [-0.2, -0.15) is 0 Å². The lowest BCUT2D eigenvalue weighted by Crippen LogP contribution is -2.35. The van der Waals surface area contributed by atoms with Gasteiger partial charge in [-0.3, -0.25) is 4.79 Å². The van der Waals surface area contributed by atoms with Crippen molar-refractivity contribution >= 4 is 5.91 Å². The molecule has 2 aliphatic rings. The first-order valence-corrected chi connectivity index (χ1v) is 9.69. The van der Waals surface area contributed by atoms with Crippen LogP contribution in [0, 0.1) is 18.8 Å². The van der Waals surface area contributed by atoms with Crippen molar-refractivity contribution in [3.63, 3.8) is 0 Å². The summed E-state index contributed by atoms with van der Waals surface area (Å²) in [4.78, 5) is 15.6. The summed E-state index contributed by atoms with van der Waals surface area (Å²) in [7, 11) is 0. The largest absolute Gasteiger partial charge is 0.491 e. The zero-order valence-electron chi connectivity index (χ0n) is 15.7. The van der Waals surface area contributed by atoms with Crippen molar-refractivity contribution in [3.05, 3.63) is 65.2 Å². The second-order valence-electron chi connectivity index (χ2n) is 7.53. The minimum Gasteiger partial charge on any atom is -0.491 e. The molecule has 2 heterocycles. The lowest BCUT2D eigenvalue weighted by Gasteiger charge is -2.29. The van der Waals surface area contributed by atoms with Crippen LogP contribution in [0.3, 0.4) is 0 Å². The molecule has 2 fully saturated rings. The Kier molecular flexibility index (Phi) is 5.14. The van der Waals surface area contributed by atoms with E-state index in [2.05, 4.69) is 34.5 Å². The third-order valence-electron chi connectivity index (χ3n) is 5.71. The van der Waals surface area contributed by atoms with Crippen LogP contribution in [0.2, 0.25) is 0 Å². The van der Waals surface area contributed by atoms with E-state index in [1.807, 2.05) is 31.2 Å². The minimum atomic E-state index is 0.0500. The van der Waals surface area contributed by atoms with Gasteiger partial charge < -0.3 is 20.7 Å². The molecular formula is C22H27N3O2. The SMILES string of the molecule is Cc1ccc(OCCN)c(C(=O)N2C[C@@H]3CNC[C@@H]3[C@H]2c2ccccc2)c1. The topological polar surface area (TPSA) is 67.6 Å². The fraction of sp³-hybridized carbons (Fsp3) is 0.409. The number of amides is 1. The molecule has 1 amide bonds. The van der Waals surface area contributed by atoms with Crippen LogP contribution >= 0.6 is 0 Å². The van der Waals surface area contributed by atoms with Gasteiger partial charge in [0.25, 0.3) is 5.91 Å². The molecule has 0 spiro atoms. The number of fused-ring (bicyclic) bond motifs is 1. The Morgan fingerprint density at radius 3 is 2.81 bits per heavy atom. The predicted molar refractivity (Wildman–Crippen MR) is 106 cm³/mol. The van der Waals surface area contributed by atoms with Crippen LogP contribution in [0.5, 0.6) is 5.75 Å². The van der Waals surface area contributed by atoms with Crippen LogP contribution in [0.1, 0.15) is 27.5 Å². The molecule has 4 rings (SSSR count). The van der Waals surface area contributed by atoms with E-state index in [4.69, 9.17) is 10.5 Å². The number of nitrogens with one attached hydrogen (secondary N) is 1. The van der Waals surface area contributed by atoms with Gasteiger partial charge in [0.05, 0.1) is 11.6 Å². The second kappa shape index (κ2) is 7.71. The summed E-state index contributed by atoms with van der Waals surface area (Å²) in [6.45, 7) is 5.54. The number of likely N-dealkylation sites (tertiary alicyclic amines) is 1. The molecule has 0 saturated carbocycles. The zero-order valence-corrected chi connectivity index (χ0v) is 15.7. The highest BCUT2D eigenvalue weighted by atomic mass is 16.5. The summed E-state index contributed by atoms with van der Waals surface area (Å²) in [6, 6.07) is 16.3. The van der Waals surface area contributed by atoms with Crippen molar-refractivity contribution < 1.29 is 9.53 Å². The van der Waals surface area contributed by atoms with Gasteiger partial charge in [0.1, 0.15) is 12.4 Å². The minimum absolute atomic E-state index is 0.0500. The average Bonchev–Trinajstić information content (AvgIpc) is 3.28. The number of carbonyl (C=O) groups excluding carboxylic acids is 1. The average molecular weight is 365 g/mol. The Labute approximate surface area is 160 Å². The van der Waals surface area contributed by atoms with E-state index in [1.54, 1.807) is 0 Å². The first kappa shape index (κ1) is 18.0. The number of nitrogens with two attached hydrogens (primary N) is 1. The van der Waals surface area contributed by atoms with E-state index in [-0.39, 0.29) is 11.9 Å². The number of hydrogen-bond acceptors (Lipinski definition) is 4. The van der Waals surface area contributed by atoms with E-state index in [9.17, 15) is 4.79 Å². The first-order chi connectivity index (χ1) is 13.2. The maximum atomic E-state index is 13.6. The molecule has 5 heteroatoms. The Morgan fingerprint density at radius 2 is 2.04 bits per heavy atom. The number of rotatable bonds is 5. The highest BCUT2D eigenvalue weighted by molar-refractivity contribution is 5.97. The summed E-state index contributed by atoms with van der Waals surface area (Å²) >= 11 is 0. The molecule has 2 aromatic carbocycles. The van der Waals surface area contributed by atoms with E-state index in [0.717, 1.165) is 25.2 Å². The number of aryl methyl sites for hydroxylation is 1. The molecule has 0 aliphatic carbocycles. The number of ether oxygens (including phenoxy) is 1. The van der Waals surface area contributed by atoms with Gasteiger partial charge in [0.15, 0.2) is 0 Å². The molecule has 0 bridgehead atoms. The van der Waals surface area contributed by atoms with Crippen molar-refractivity contribution in [2.24, 2.45) is 17.6 Å². The van der Waals surface area contributed by atoms with Crippen LogP contribution in [0.4, 0.5) is 0 Å². The van der Waals surface area contributed by atoms with Gasteiger partial charge in [-0.25, -0.2) is 0 Å². The molecule has 0 radical (unpaired) electrons. The van der Waals surface area contributed by atoms with Gasteiger partial charge in [-0.15, -0.1) is 0 Å². The highest BCUT2D eigenvalue weighted by Crippen LogP contribution is 2.43. The fourth-order valence-corrected chi connectivity index (χ4v) is 4.47. The molecule has 2 aromatic rings. The Hall–Kier alpha value is -2.37. The monoisotopic (exact) mass is 365 g/mol. The smallest absolute Gasteiger partial charge is 0.258 e.